The Kier molecular flexibility index (Phi) is 5.10. The van der Waals surface area contributed by atoms with Gasteiger partial charge in [-0.15, -0.1) is 0 Å². The Morgan fingerprint density at radius 2 is 1.90 bits per heavy atom. The van der Waals surface area contributed by atoms with E-state index in [1.165, 1.54) is 12.8 Å². The molecular weight excluding hydrogens is 250 g/mol. The maximum Gasteiger partial charge on any atom is 0.270 e. The molecule has 0 radical (unpaired) electrons. The van der Waals surface area contributed by atoms with Gasteiger partial charge < -0.3 is 15.2 Å². The monoisotopic (exact) mass is 277 g/mol. The number of rotatable bonds is 8. The molecule has 0 aromatic carbocycles. The van der Waals surface area contributed by atoms with Crippen LogP contribution in [0.5, 0.6) is 0 Å². The number of unbranched alkanes of at least 4 members (excludes halogenated alkanes) is 2. The molecule has 4 nitrogen and oxygen atoms in total. The lowest BCUT2D eigenvalue weighted by Crippen LogP contribution is -2.34. The number of nitrogens with zero attached hydrogens (tertiary/aromatic N) is 2. The molecular formula is C16H27N3O. The Labute approximate surface area is 121 Å². The molecule has 1 fully saturated rings. The fraction of sp³-hybridized carbons (Fsp3) is 0.688. The van der Waals surface area contributed by atoms with Crippen molar-refractivity contribution in [2.24, 2.45) is 0 Å². The minimum Gasteiger partial charge on any atom is -0.397 e. The Morgan fingerprint density at radius 1 is 1.30 bits per heavy atom. The first kappa shape index (κ1) is 14.9. The van der Waals surface area contributed by atoms with E-state index in [2.05, 4.69) is 18.4 Å². The fourth-order valence-electron chi connectivity index (χ4n) is 2.50. The third-order valence-electron chi connectivity index (χ3n) is 3.88. The fourth-order valence-corrected chi connectivity index (χ4v) is 2.50. The molecule has 20 heavy (non-hydrogen) atoms. The first-order valence-electron chi connectivity index (χ1n) is 7.94. The largest absolute Gasteiger partial charge is 0.397 e. The van der Waals surface area contributed by atoms with E-state index >= 15 is 0 Å². The van der Waals surface area contributed by atoms with Crippen molar-refractivity contribution in [1.29, 1.82) is 0 Å². The average Bonchev–Trinajstić information content (AvgIpc) is 3.21. The predicted molar refractivity (Wildman–Crippen MR) is 82.8 cm³/mol. The van der Waals surface area contributed by atoms with Gasteiger partial charge in [0.05, 0.1) is 5.69 Å². The predicted octanol–water partition coefficient (Wildman–Crippen LogP) is 3.45. The normalized spacial score (nSPS) is 14.5. The molecule has 2 rings (SSSR count). The van der Waals surface area contributed by atoms with Crippen LogP contribution in [0, 0.1) is 0 Å². The topological polar surface area (TPSA) is 51.3 Å². The van der Waals surface area contributed by atoms with Gasteiger partial charge in [0.25, 0.3) is 5.91 Å². The first-order chi connectivity index (χ1) is 9.67. The van der Waals surface area contributed by atoms with E-state index in [0.29, 0.717) is 11.7 Å². The summed E-state index contributed by atoms with van der Waals surface area (Å²) in [6.45, 7) is 6.02. The van der Waals surface area contributed by atoms with Crippen molar-refractivity contribution < 1.29 is 4.79 Å². The highest BCUT2D eigenvalue weighted by Gasteiger charge is 2.29. The van der Waals surface area contributed by atoms with Crippen molar-refractivity contribution in [3.63, 3.8) is 0 Å². The van der Waals surface area contributed by atoms with Gasteiger partial charge in [0.2, 0.25) is 0 Å². The van der Waals surface area contributed by atoms with Crippen LogP contribution in [0.4, 0.5) is 5.69 Å². The van der Waals surface area contributed by atoms with E-state index in [1.54, 1.807) is 0 Å². The maximum atomic E-state index is 12.8. The van der Waals surface area contributed by atoms with Crippen molar-refractivity contribution in [2.75, 3.05) is 18.8 Å². The third-order valence-corrected chi connectivity index (χ3v) is 3.88. The molecule has 0 aliphatic heterocycles. The smallest absolute Gasteiger partial charge is 0.270 e. The Hall–Kier alpha value is -1.45. The number of hydrogen-bond acceptors (Lipinski definition) is 2. The summed E-state index contributed by atoms with van der Waals surface area (Å²) in [6, 6.07) is 2.33. The van der Waals surface area contributed by atoms with Crippen LogP contribution in [0.3, 0.4) is 0 Å². The molecule has 1 saturated carbocycles. The molecule has 2 N–H and O–H groups in total. The highest BCUT2D eigenvalue weighted by molar-refractivity contribution is 5.94. The molecule has 1 aliphatic carbocycles. The lowest BCUT2D eigenvalue weighted by molar-refractivity contribution is 0.0740. The van der Waals surface area contributed by atoms with E-state index < -0.39 is 0 Å². The van der Waals surface area contributed by atoms with E-state index in [1.807, 2.05) is 17.2 Å². The van der Waals surface area contributed by atoms with Crippen molar-refractivity contribution in [3.8, 4) is 0 Å². The second-order valence-corrected chi connectivity index (χ2v) is 5.80. The molecule has 112 valence electrons. The van der Waals surface area contributed by atoms with Crippen LogP contribution in [0.15, 0.2) is 12.3 Å². The molecule has 1 aromatic rings. The minimum absolute atomic E-state index is 0.149. The zero-order valence-electron chi connectivity index (χ0n) is 12.8. The van der Waals surface area contributed by atoms with Crippen molar-refractivity contribution in [1.82, 2.24) is 9.47 Å². The molecule has 1 aliphatic rings. The van der Waals surface area contributed by atoms with Gasteiger partial charge in [-0.2, -0.15) is 0 Å². The summed E-state index contributed by atoms with van der Waals surface area (Å²) in [5.74, 6) is 0.149. The zero-order valence-corrected chi connectivity index (χ0v) is 12.8. The first-order valence-corrected chi connectivity index (χ1v) is 7.94. The number of amides is 1. The Balaban J connectivity index is 2.12. The second kappa shape index (κ2) is 6.82. The molecule has 0 atom stereocenters. The number of nitrogen functional groups attached to an aromatic ring is 1. The molecule has 0 saturated heterocycles. The number of aromatic nitrogens is 1. The van der Waals surface area contributed by atoms with E-state index in [0.717, 1.165) is 44.5 Å². The SMILES string of the molecule is CCCCN(CCCC)C(=O)c1cc(N)cn1C1CC1. The Bertz CT molecular complexity index is 441. The molecule has 0 unspecified atom stereocenters. The lowest BCUT2D eigenvalue weighted by Gasteiger charge is -2.23. The average molecular weight is 277 g/mol. The second-order valence-electron chi connectivity index (χ2n) is 5.80. The van der Waals surface area contributed by atoms with E-state index in [-0.39, 0.29) is 5.91 Å². The van der Waals surface area contributed by atoms with Gasteiger partial charge in [-0.3, -0.25) is 4.79 Å². The van der Waals surface area contributed by atoms with Crippen LogP contribution >= 0.6 is 0 Å². The summed E-state index contributed by atoms with van der Waals surface area (Å²) in [5, 5.41) is 0. The zero-order chi connectivity index (χ0) is 14.5. The van der Waals surface area contributed by atoms with Gasteiger partial charge in [-0.25, -0.2) is 0 Å². The van der Waals surface area contributed by atoms with Crippen LogP contribution in [-0.4, -0.2) is 28.5 Å². The van der Waals surface area contributed by atoms with Gasteiger partial charge in [0.1, 0.15) is 5.69 Å². The van der Waals surface area contributed by atoms with Crippen molar-refractivity contribution in [3.05, 3.63) is 18.0 Å². The summed E-state index contributed by atoms with van der Waals surface area (Å²) in [7, 11) is 0. The molecule has 1 heterocycles. The summed E-state index contributed by atoms with van der Waals surface area (Å²) in [5.41, 5.74) is 7.37. The highest BCUT2D eigenvalue weighted by atomic mass is 16.2. The van der Waals surface area contributed by atoms with Crippen LogP contribution in [-0.2, 0) is 0 Å². The number of anilines is 1. The summed E-state index contributed by atoms with van der Waals surface area (Å²) < 4.78 is 2.09. The molecule has 4 heteroatoms. The molecule has 0 bridgehead atoms. The number of hydrogen-bond donors (Lipinski definition) is 1. The molecule has 1 amide bonds. The van der Waals surface area contributed by atoms with Gasteiger partial charge in [0.15, 0.2) is 0 Å². The number of nitrogens with two attached hydrogens (primary N) is 1. The van der Waals surface area contributed by atoms with Crippen LogP contribution in [0.2, 0.25) is 0 Å². The maximum absolute atomic E-state index is 12.8. The van der Waals surface area contributed by atoms with Gasteiger partial charge >= 0.3 is 0 Å². The molecule has 1 aromatic heterocycles. The standard InChI is InChI=1S/C16H27N3O/c1-3-5-9-18(10-6-4-2)16(20)15-11-13(17)12-19(15)14-7-8-14/h11-12,14H,3-10,17H2,1-2H3. The number of carbonyl (C=O) groups is 1. The van der Waals surface area contributed by atoms with Crippen LogP contribution in [0.1, 0.15) is 68.9 Å². The number of carbonyl (C=O) groups excluding carboxylic acids is 1. The minimum atomic E-state index is 0.149. The van der Waals surface area contributed by atoms with E-state index in [9.17, 15) is 4.79 Å². The summed E-state index contributed by atoms with van der Waals surface area (Å²) in [6.07, 6.45) is 8.60. The molecule has 0 spiro atoms. The lowest BCUT2D eigenvalue weighted by atomic mass is 10.2. The van der Waals surface area contributed by atoms with E-state index in [4.69, 9.17) is 5.73 Å². The van der Waals surface area contributed by atoms with Gasteiger partial charge in [0, 0.05) is 25.3 Å². The van der Waals surface area contributed by atoms with Crippen molar-refractivity contribution in [2.45, 2.75) is 58.4 Å². The third kappa shape index (κ3) is 3.56. The van der Waals surface area contributed by atoms with Gasteiger partial charge in [-0.1, -0.05) is 26.7 Å². The quantitative estimate of drug-likeness (QED) is 0.791. The Morgan fingerprint density at radius 3 is 2.40 bits per heavy atom. The van der Waals surface area contributed by atoms with Crippen LogP contribution in [0.25, 0.3) is 0 Å². The highest BCUT2D eigenvalue weighted by Crippen LogP contribution is 2.37. The van der Waals surface area contributed by atoms with Crippen LogP contribution < -0.4 is 5.73 Å². The summed E-state index contributed by atoms with van der Waals surface area (Å²) >= 11 is 0. The van der Waals surface area contributed by atoms with Gasteiger partial charge in [-0.05, 0) is 31.7 Å². The summed E-state index contributed by atoms with van der Waals surface area (Å²) in [4.78, 5) is 14.8. The van der Waals surface area contributed by atoms with Crippen molar-refractivity contribution >= 4 is 11.6 Å².